The largest absolute Gasteiger partial charge is 0.454 e. The lowest BCUT2D eigenvalue weighted by atomic mass is 10.3. The minimum atomic E-state index is -4.84. The number of nitrogens with zero attached hydrogens (tertiary/aromatic N) is 1. The molecule has 0 aliphatic heterocycles. The van der Waals surface area contributed by atoms with Crippen LogP contribution < -0.4 is 5.32 Å². The smallest absolute Gasteiger partial charge is 0.338 e. The second kappa shape index (κ2) is 4.77. The van der Waals surface area contributed by atoms with Crippen molar-refractivity contribution >= 4 is 32.5 Å². The van der Waals surface area contributed by atoms with Gasteiger partial charge in [-0.3, -0.25) is 4.79 Å². The number of allylic oxidation sites excluding steroid dienone is 1. The number of para-hydroxylation sites is 1. The fourth-order valence-corrected chi connectivity index (χ4v) is 2.06. The Kier molecular flexibility index (Phi) is 3.33. The van der Waals surface area contributed by atoms with Gasteiger partial charge in [-0.15, -0.1) is 0 Å². The maximum Gasteiger partial charge on any atom is 0.454 e. The number of benzene rings is 1. The number of carbonyl (C=O) groups is 1. The maximum atomic E-state index is 11.9. The number of carbonyl (C=O) groups excluding carboxylic acids is 1. The van der Waals surface area contributed by atoms with Crippen LogP contribution in [0.2, 0.25) is 0 Å². The summed E-state index contributed by atoms with van der Waals surface area (Å²) in [5, 5.41) is 2.98. The molecule has 0 radical (unpaired) electrons. The molecular formula is C11H7F3N2OS. The summed E-state index contributed by atoms with van der Waals surface area (Å²) in [6, 6.07) is 7.30. The van der Waals surface area contributed by atoms with Gasteiger partial charge in [-0.05, 0) is 12.1 Å². The van der Waals surface area contributed by atoms with Gasteiger partial charge in [0.15, 0.2) is 5.13 Å². The Morgan fingerprint density at radius 3 is 2.72 bits per heavy atom. The molecule has 0 amide bonds. The molecule has 0 bridgehead atoms. The first-order chi connectivity index (χ1) is 8.47. The zero-order valence-corrected chi connectivity index (χ0v) is 9.68. The van der Waals surface area contributed by atoms with Crippen molar-refractivity contribution in [2.75, 3.05) is 5.32 Å². The van der Waals surface area contributed by atoms with E-state index >= 15 is 0 Å². The predicted molar refractivity (Wildman–Crippen MR) is 63.4 cm³/mol. The van der Waals surface area contributed by atoms with E-state index in [0.29, 0.717) is 11.2 Å². The number of hydrogen-bond acceptors (Lipinski definition) is 4. The number of fused-ring (bicyclic) bond motifs is 1. The zero-order valence-electron chi connectivity index (χ0n) is 8.86. The van der Waals surface area contributed by atoms with E-state index in [1.54, 1.807) is 6.07 Å². The van der Waals surface area contributed by atoms with E-state index in [1.807, 2.05) is 18.2 Å². The first kappa shape index (κ1) is 12.6. The highest BCUT2D eigenvalue weighted by molar-refractivity contribution is 7.22. The van der Waals surface area contributed by atoms with E-state index in [1.165, 1.54) is 11.3 Å². The highest BCUT2D eigenvalue weighted by Gasteiger charge is 2.35. The number of alkyl halides is 3. The lowest BCUT2D eigenvalue weighted by molar-refractivity contribution is -0.165. The van der Waals surface area contributed by atoms with Crippen LogP contribution in [0.25, 0.3) is 10.2 Å². The Morgan fingerprint density at radius 2 is 2.06 bits per heavy atom. The van der Waals surface area contributed by atoms with Crippen molar-refractivity contribution in [3.05, 3.63) is 36.5 Å². The van der Waals surface area contributed by atoms with Gasteiger partial charge in [0.2, 0.25) is 0 Å². The quantitative estimate of drug-likeness (QED) is 0.871. The molecule has 18 heavy (non-hydrogen) atoms. The van der Waals surface area contributed by atoms with Crippen molar-refractivity contribution in [1.29, 1.82) is 0 Å². The van der Waals surface area contributed by atoms with Gasteiger partial charge < -0.3 is 5.32 Å². The minimum Gasteiger partial charge on any atom is -0.338 e. The van der Waals surface area contributed by atoms with Crippen LogP contribution in [0.15, 0.2) is 36.5 Å². The topological polar surface area (TPSA) is 42.0 Å². The highest BCUT2D eigenvalue weighted by atomic mass is 32.1. The Morgan fingerprint density at radius 1 is 1.33 bits per heavy atom. The molecule has 0 unspecified atom stereocenters. The molecule has 0 aliphatic carbocycles. The van der Waals surface area contributed by atoms with Crippen molar-refractivity contribution < 1.29 is 18.0 Å². The van der Waals surface area contributed by atoms with E-state index in [-0.39, 0.29) is 0 Å². The van der Waals surface area contributed by atoms with Crippen molar-refractivity contribution in [2.45, 2.75) is 6.18 Å². The van der Waals surface area contributed by atoms with E-state index in [0.717, 1.165) is 16.4 Å². The number of anilines is 1. The average molecular weight is 272 g/mol. The molecule has 0 fully saturated rings. The van der Waals surface area contributed by atoms with Gasteiger partial charge in [-0.25, -0.2) is 4.98 Å². The van der Waals surface area contributed by atoms with Crippen LogP contribution in [0.4, 0.5) is 18.3 Å². The lowest BCUT2D eigenvalue weighted by Gasteiger charge is -1.99. The number of nitrogens with one attached hydrogen (secondary N) is 1. The molecule has 94 valence electrons. The van der Waals surface area contributed by atoms with E-state index < -0.39 is 12.0 Å². The van der Waals surface area contributed by atoms with Crippen LogP contribution >= 0.6 is 11.3 Å². The van der Waals surface area contributed by atoms with Crippen LogP contribution in [0, 0.1) is 0 Å². The predicted octanol–water partition coefficient (Wildman–Crippen LogP) is 3.35. The van der Waals surface area contributed by atoms with Crippen LogP contribution in [0.1, 0.15) is 0 Å². The standard InChI is InChI=1S/C11H7F3N2OS/c12-11(13,14)9(17)5-6-15-10-16-7-3-1-2-4-8(7)18-10/h1-6H,(H,15,16)/b6-5+. The molecule has 7 heteroatoms. The molecule has 1 aromatic heterocycles. The van der Waals surface area contributed by atoms with Crippen LogP contribution in [0.5, 0.6) is 0 Å². The summed E-state index contributed by atoms with van der Waals surface area (Å²) in [5.41, 5.74) is 0.751. The molecule has 0 saturated carbocycles. The number of aromatic nitrogens is 1. The van der Waals surface area contributed by atoms with E-state index in [2.05, 4.69) is 10.3 Å². The van der Waals surface area contributed by atoms with Gasteiger partial charge in [-0.1, -0.05) is 23.5 Å². The number of ketones is 1. The Labute approximate surface area is 104 Å². The zero-order chi connectivity index (χ0) is 13.2. The van der Waals surface area contributed by atoms with Crippen molar-refractivity contribution in [3.63, 3.8) is 0 Å². The summed E-state index contributed by atoms with van der Waals surface area (Å²) in [4.78, 5) is 14.7. The normalized spacial score (nSPS) is 12.2. The molecule has 0 saturated heterocycles. The molecule has 1 N–H and O–H groups in total. The lowest BCUT2D eigenvalue weighted by Crippen LogP contribution is -2.20. The summed E-state index contributed by atoms with van der Waals surface area (Å²) >= 11 is 1.29. The Balaban J connectivity index is 2.06. The molecule has 1 heterocycles. The monoisotopic (exact) mass is 272 g/mol. The number of rotatable bonds is 3. The third-order valence-corrected chi connectivity index (χ3v) is 2.98. The van der Waals surface area contributed by atoms with Gasteiger partial charge in [0.05, 0.1) is 10.2 Å². The van der Waals surface area contributed by atoms with Gasteiger partial charge >= 0.3 is 6.18 Å². The van der Waals surface area contributed by atoms with E-state index in [9.17, 15) is 18.0 Å². The van der Waals surface area contributed by atoms with Gasteiger partial charge in [0.1, 0.15) is 0 Å². The van der Waals surface area contributed by atoms with Crippen molar-refractivity contribution in [1.82, 2.24) is 4.98 Å². The molecular weight excluding hydrogens is 265 g/mol. The van der Waals surface area contributed by atoms with Gasteiger partial charge in [0.25, 0.3) is 5.78 Å². The SMILES string of the molecule is O=C(/C=C/Nc1nc2ccccc2s1)C(F)(F)F. The van der Waals surface area contributed by atoms with Crippen molar-refractivity contribution in [2.24, 2.45) is 0 Å². The summed E-state index contributed by atoms with van der Waals surface area (Å²) in [6.45, 7) is 0. The Hall–Kier alpha value is -1.89. The fourth-order valence-electron chi connectivity index (χ4n) is 1.22. The van der Waals surface area contributed by atoms with Gasteiger partial charge in [0, 0.05) is 12.3 Å². The van der Waals surface area contributed by atoms with E-state index in [4.69, 9.17) is 0 Å². The first-order valence-electron chi connectivity index (χ1n) is 4.86. The first-order valence-corrected chi connectivity index (χ1v) is 5.68. The molecule has 0 atom stereocenters. The van der Waals surface area contributed by atoms with Crippen LogP contribution in [-0.4, -0.2) is 16.9 Å². The summed E-state index contributed by atoms with van der Waals surface area (Å²) in [5.74, 6) is -1.91. The average Bonchev–Trinajstić information content (AvgIpc) is 2.70. The maximum absolute atomic E-state index is 11.9. The highest BCUT2D eigenvalue weighted by Crippen LogP contribution is 2.25. The number of thiazole rings is 1. The Bertz CT molecular complexity index is 571. The molecule has 1 aromatic carbocycles. The number of halogens is 3. The summed E-state index contributed by atoms with van der Waals surface area (Å²) in [6.07, 6.45) is -3.47. The third kappa shape index (κ3) is 2.86. The van der Waals surface area contributed by atoms with Crippen molar-refractivity contribution in [3.8, 4) is 0 Å². The number of hydrogen-bond donors (Lipinski definition) is 1. The summed E-state index contributed by atoms with van der Waals surface area (Å²) in [7, 11) is 0. The minimum absolute atomic E-state index is 0.433. The molecule has 0 aliphatic rings. The molecule has 3 nitrogen and oxygen atoms in total. The molecule has 2 aromatic rings. The van der Waals surface area contributed by atoms with Crippen LogP contribution in [0.3, 0.4) is 0 Å². The van der Waals surface area contributed by atoms with Crippen LogP contribution in [-0.2, 0) is 4.79 Å². The fraction of sp³-hybridized carbons (Fsp3) is 0.0909. The summed E-state index contributed by atoms with van der Waals surface area (Å²) < 4.78 is 36.6. The third-order valence-electron chi connectivity index (χ3n) is 2.01. The molecule has 0 spiro atoms. The second-order valence-corrected chi connectivity index (χ2v) is 4.36. The molecule has 2 rings (SSSR count). The second-order valence-electron chi connectivity index (χ2n) is 3.33. The van der Waals surface area contributed by atoms with Gasteiger partial charge in [-0.2, -0.15) is 13.2 Å².